The molecule has 7 nitrogen and oxygen atoms in total. The van der Waals surface area contributed by atoms with Crippen LogP contribution in [0, 0.1) is 11.3 Å². The lowest BCUT2D eigenvalue weighted by Gasteiger charge is -2.33. The molecule has 8 heteroatoms. The third-order valence-electron chi connectivity index (χ3n) is 4.14. The van der Waals surface area contributed by atoms with Crippen LogP contribution in [0.5, 0.6) is 0 Å². The van der Waals surface area contributed by atoms with Crippen molar-refractivity contribution >= 4 is 23.7 Å². The Bertz CT molecular complexity index is 956. The Balaban J connectivity index is 2.06. The van der Waals surface area contributed by atoms with E-state index in [1.54, 1.807) is 50.2 Å². The average Bonchev–Trinajstić information content (AvgIpc) is 3.11. The number of nitriles is 1. The van der Waals surface area contributed by atoms with Crippen molar-refractivity contribution in [1.29, 1.82) is 5.26 Å². The monoisotopic (exact) mass is 384 g/mol. The Morgan fingerprint density at radius 1 is 1.33 bits per heavy atom. The minimum absolute atomic E-state index is 0.234. The summed E-state index contributed by atoms with van der Waals surface area (Å²) >= 11 is 5.91. The van der Waals surface area contributed by atoms with Gasteiger partial charge in [-0.3, -0.25) is 0 Å². The molecule has 2 heterocycles. The predicted octanol–water partition coefficient (Wildman–Crippen LogP) is 4.19. The van der Waals surface area contributed by atoms with Crippen molar-refractivity contribution in [2.75, 3.05) is 6.54 Å². The summed E-state index contributed by atoms with van der Waals surface area (Å²) in [6.45, 7) is 3.70. The lowest BCUT2D eigenvalue weighted by molar-refractivity contribution is 0.168. The van der Waals surface area contributed by atoms with E-state index >= 15 is 0 Å². The molecule has 1 aromatic heterocycles. The first-order valence-corrected chi connectivity index (χ1v) is 8.68. The van der Waals surface area contributed by atoms with Gasteiger partial charge in [-0.15, -0.1) is 0 Å². The highest BCUT2D eigenvalue weighted by atomic mass is 35.5. The Labute approximate surface area is 161 Å². The Kier molecular flexibility index (Phi) is 5.19. The van der Waals surface area contributed by atoms with E-state index in [2.05, 4.69) is 16.7 Å². The molecule has 2 aromatic rings. The summed E-state index contributed by atoms with van der Waals surface area (Å²) in [5.74, 6) is 0.857. The largest absolute Gasteiger partial charge is 0.458 e. The lowest BCUT2D eigenvalue weighted by Crippen LogP contribution is -2.53. The SMILES string of the molecule is CCNC(=O)N1C(=O)NC(C)=C(C#N)C1c1ccc(-c2ccc(Cl)cc2)o1. The van der Waals surface area contributed by atoms with Crippen LogP contribution in [0.2, 0.25) is 5.02 Å². The van der Waals surface area contributed by atoms with Gasteiger partial charge in [0.15, 0.2) is 0 Å². The minimum atomic E-state index is -0.948. The van der Waals surface area contributed by atoms with Crippen LogP contribution in [-0.4, -0.2) is 23.5 Å². The van der Waals surface area contributed by atoms with Crippen molar-refractivity contribution in [3.05, 3.63) is 58.5 Å². The number of hydrogen-bond acceptors (Lipinski definition) is 4. The van der Waals surface area contributed by atoms with Gasteiger partial charge in [-0.25, -0.2) is 14.5 Å². The molecule has 2 N–H and O–H groups in total. The number of carbonyl (C=O) groups is 2. The van der Waals surface area contributed by atoms with E-state index < -0.39 is 18.1 Å². The number of halogens is 1. The predicted molar refractivity (Wildman–Crippen MR) is 99.7 cm³/mol. The molecule has 0 saturated carbocycles. The molecule has 1 aromatic carbocycles. The van der Waals surface area contributed by atoms with E-state index in [9.17, 15) is 14.9 Å². The zero-order chi connectivity index (χ0) is 19.6. The van der Waals surface area contributed by atoms with Gasteiger partial charge in [-0.1, -0.05) is 11.6 Å². The third kappa shape index (κ3) is 3.52. The van der Waals surface area contributed by atoms with Crippen LogP contribution in [0.3, 0.4) is 0 Å². The summed E-state index contributed by atoms with van der Waals surface area (Å²) in [5, 5.41) is 15.3. The number of furan rings is 1. The molecule has 138 valence electrons. The molecule has 1 aliphatic rings. The second-order valence-corrected chi connectivity index (χ2v) is 6.33. The van der Waals surface area contributed by atoms with Crippen LogP contribution >= 0.6 is 11.6 Å². The van der Waals surface area contributed by atoms with Crippen LogP contribution in [0.4, 0.5) is 9.59 Å². The van der Waals surface area contributed by atoms with Crippen molar-refractivity contribution in [2.45, 2.75) is 19.9 Å². The van der Waals surface area contributed by atoms with Gasteiger partial charge in [0.05, 0.1) is 11.6 Å². The zero-order valence-corrected chi connectivity index (χ0v) is 15.5. The molecule has 0 bridgehead atoms. The van der Waals surface area contributed by atoms with Crippen LogP contribution in [-0.2, 0) is 0 Å². The van der Waals surface area contributed by atoms with Crippen molar-refractivity contribution < 1.29 is 14.0 Å². The number of benzene rings is 1. The van der Waals surface area contributed by atoms with Crippen LogP contribution in [0.25, 0.3) is 11.3 Å². The molecule has 0 radical (unpaired) electrons. The van der Waals surface area contributed by atoms with Gasteiger partial charge in [0.1, 0.15) is 17.6 Å². The summed E-state index contributed by atoms with van der Waals surface area (Å²) in [7, 11) is 0. The number of hydrogen-bond donors (Lipinski definition) is 2. The molecule has 1 atom stereocenters. The van der Waals surface area contributed by atoms with Crippen LogP contribution in [0.15, 0.2) is 52.1 Å². The summed E-state index contributed by atoms with van der Waals surface area (Å²) in [6.07, 6.45) is 0. The fourth-order valence-corrected chi connectivity index (χ4v) is 2.99. The second-order valence-electron chi connectivity index (χ2n) is 5.90. The van der Waals surface area contributed by atoms with E-state index in [-0.39, 0.29) is 5.57 Å². The third-order valence-corrected chi connectivity index (χ3v) is 4.39. The molecule has 0 saturated heterocycles. The summed E-state index contributed by atoms with van der Waals surface area (Å²) in [6, 6.07) is 10.3. The number of rotatable bonds is 3. The van der Waals surface area contributed by atoms with Gasteiger partial charge in [0.25, 0.3) is 0 Å². The van der Waals surface area contributed by atoms with Crippen molar-refractivity contribution in [3.63, 3.8) is 0 Å². The quantitative estimate of drug-likeness (QED) is 0.828. The summed E-state index contributed by atoms with van der Waals surface area (Å²) < 4.78 is 5.91. The molecule has 0 fully saturated rings. The maximum absolute atomic E-state index is 12.4. The van der Waals surface area contributed by atoms with Crippen molar-refractivity contribution in [1.82, 2.24) is 15.5 Å². The first-order valence-electron chi connectivity index (χ1n) is 8.30. The Hall–Kier alpha value is -3.24. The van der Waals surface area contributed by atoms with E-state index in [0.29, 0.717) is 28.8 Å². The van der Waals surface area contributed by atoms with E-state index in [4.69, 9.17) is 16.0 Å². The number of nitrogens with zero attached hydrogens (tertiary/aromatic N) is 2. The highest BCUT2D eigenvalue weighted by Crippen LogP contribution is 2.36. The van der Waals surface area contributed by atoms with E-state index in [0.717, 1.165) is 10.5 Å². The summed E-state index contributed by atoms with van der Waals surface area (Å²) in [5.41, 5.74) is 1.41. The maximum atomic E-state index is 12.4. The standard InChI is InChI=1S/C19H17ClN4O3/c1-3-22-18(25)24-17(14(10-21)11(2)23-19(24)26)16-9-8-15(27-16)12-4-6-13(20)7-5-12/h4-9,17H,3H2,1-2H3,(H,22,25)(H,23,26). The second kappa shape index (κ2) is 7.56. The number of imide groups is 1. The highest BCUT2D eigenvalue weighted by Gasteiger charge is 2.40. The van der Waals surface area contributed by atoms with Gasteiger partial charge < -0.3 is 15.1 Å². The van der Waals surface area contributed by atoms with Gasteiger partial charge in [0.2, 0.25) is 0 Å². The van der Waals surface area contributed by atoms with Gasteiger partial charge in [0, 0.05) is 22.8 Å². The molecule has 1 aliphatic heterocycles. The molecule has 0 spiro atoms. The maximum Gasteiger partial charge on any atom is 0.330 e. The Morgan fingerprint density at radius 2 is 2.04 bits per heavy atom. The van der Waals surface area contributed by atoms with Gasteiger partial charge in [-0.2, -0.15) is 5.26 Å². The number of nitrogens with one attached hydrogen (secondary N) is 2. The normalized spacial score (nSPS) is 16.7. The zero-order valence-electron chi connectivity index (χ0n) is 14.7. The average molecular weight is 385 g/mol. The minimum Gasteiger partial charge on any atom is -0.458 e. The highest BCUT2D eigenvalue weighted by molar-refractivity contribution is 6.30. The molecular weight excluding hydrogens is 368 g/mol. The number of allylic oxidation sites excluding steroid dienone is 1. The Morgan fingerprint density at radius 3 is 2.67 bits per heavy atom. The van der Waals surface area contributed by atoms with Crippen LogP contribution < -0.4 is 10.6 Å². The number of amides is 4. The van der Waals surface area contributed by atoms with E-state index in [1.807, 2.05) is 0 Å². The number of urea groups is 2. The molecular formula is C19H17ClN4O3. The topological polar surface area (TPSA) is 98.4 Å². The van der Waals surface area contributed by atoms with Crippen molar-refractivity contribution in [3.8, 4) is 17.4 Å². The van der Waals surface area contributed by atoms with Gasteiger partial charge in [-0.05, 0) is 50.2 Å². The smallest absolute Gasteiger partial charge is 0.330 e. The molecule has 4 amide bonds. The first-order chi connectivity index (χ1) is 13.0. The first kappa shape index (κ1) is 18.5. The fraction of sp³-hybridized carbons (Fsp3) is 0.211. The number of carbonyl (C=O) groups excluding carboxylic acids is 2. The van der Waals surface area contributed by atoms with Gasteiger partial charge >= 0.3 is 12.1 Å². The molecule has 1 unspecified atom stereocenters. The van der Waals surface area contributed by atoms with E-state index in [1.165, 1.54) is 0 Å². The molecule has 0 aliphatic carbocycles. The lowest BCUT2D eigenvalue weighted by atomic mass is 10.0. The fourth-order valence-electron chi connectivity index (χ4n) is 2.87. The molecule has 27 heavy (non-hydrogen) atoms. The molecule has 3 rings (SSSR count). The van der Waals surface area contributed by atoms with Crippen LogP contribution in [0.1, 0.15) is 25.6 Å². The summed E-state index contributed by atoms with van der Waals surface area (Å²) in [4.78, 5) is 25.8. The van der Waals surface area contributed by atoms with Crippen molar-refractivity contribution in [2.24, 2.45) is 0 Å².